The topological polar surface area (TPSA) is 41.1 Å². The summed E-state index contributed by atoms with van der Waals surface area (Å²) in [4.78, 5) is 10.8. The minimum Gasteiger partial charge on any atom is -0.326 e. The van der Waals surface area contributed by atoms with Gasteiger partial charge in [0.05, 0.1) is 0 Å². The summed E-state index contributed by atoms with van der Waals surface area (Å²) in [6.45, 7) is 8.06. The third-order valence-corrected chi connectivity index (χ3v) is 2.26. The lowest BCUT2D eigenvalue weighted by molar-refractivity contribution is -0.114. The highest BCUT2D eigenvalue weighted by atomic mass is 16.1. The average Bonchev–Trinajstić information content (AvgIpc) is 2.27. The van der Waals surface area contributed by atoms with Gasteiger partial charge in [0.25, 0.3) is 0 Å². The summed E-state index contributed by atoms with van der Waals surface area (Å²) in [5.41, 5.74) is 2.01. The fourth-order valence-electron chi connectivity index (χ4n) is 1.27. The Morgan fingerprint density at radius 1 is 1.44 bits per heavy atom. The van der Waals surface area contributed by atoms with E-state index >= 15 is 0 Å². The number of hydrogen-bond donors (Lipinski definition) is 2. The number of anilines is 1. The Balaban J connectivity index is 2.51. The standard InChI is InChI=1S/C13H18N2O/c1-4-10(2)14-9-12-5-7-13(8-6-12)15-11(3)16/h4-8,10,14H,1,9H2,2-3H3,(H,15,16). The van der Waals surface area contributed by atoms with E-state index in [1.54, 1.807) is 0 Å². The smallest absolute Gasteiger partial charge is 0.221 e. The van der Waals surface area contributed by atoms with Crippen molar-refractivity contribution in [2.45, 2.75) is 26.4 Å². The molecular weight excluding hydrogens is 200 g/mol. The maximum atomic E-state index is 10.8. The molecule has 3 heteroatoms. The third-order valence-electron chi connectivity index (χ3n) is 2.26. The summed E-state index contributed by atoms with van der Waals surface area (Å²) >= 11 is 0. The molecule has 1 rings (SSSR count). The molecule has 86 valence electrons. The predicted molar refractivity (Wildman–Crippen MR) is 67.2 cm³/mol. The number of carbonyl (C=O) groups is 1. The summed E-state index contributed by atoms with van der Waals surface area (Å²) < 4.78 is 0. The Morgan fingerprint density at radius 3 is 2.56 bits per heavy atom. The Kier molecular flexibility index (Phi) is 4.73. The minimum atomic E-state index is -0.0499. The van der Waals surface area contributed by atoms with Crippen LogP contribution in [0.4, 0.5) is 5.69 Å². The van der Waals surface area contributed by atoms with Gasteiger partial charge in [0.2, 0.25) is 5.91 Å². The second-order valence-electron chi connectivity index (χ2n) is 3.78. The van der Waals surface area contributed by atoms with Crippen LogP contribution in [0.3, 0.4) is 0 Å². The molecule has 0 saturated heterocycles. The maximum Gasteiger partial charge on any atom is 0.221 e. The van der Waals surface area contributed by atoms with E-state index in [-0.39, 0.29) is 5.91 Å². The average molecular weight is 218 g/mol. The van der Waals surface area contributed by atoms with Gasteiger partial charge in [-0.05, 0) is 24.6 Å². The van der Waals surface area contributed by atoms with Gasteiger partial charge in [-0.3, -0.25) is 4.79 Å². The molecule has 2 N–H and O–H groups in total. The number of nitrogens with one attached hydrogen (secondary N) is 2. The Bertz CT molecular complexity index is 357. The molecule has 0 aliphatic heterocycles. The van der Waals surface area contributed by atoms with Crippen LogP contribution < -0.4 is 10.6 Å². The summed E-state index contributed by atoms with van der Waals surface area (Å²) in [5.74, 6) is -0.0499. The number of carbonyl (C=O) groups excluding carboxylic acids is 1. The zero-order chi connectivity index (χ0) is 12.0. The monoisotopic (exact) mass is 218 g/mol. The van der Waals surface area contributed by atoms with Crippen molar-refractivity contribution in [2.75, 3.05) is 5.32 Å². The molecule has 0 aliphatic carbocycles. The van der Waals surface area contributed by atoms with Crippen molar-refractivity contribution >= 4 is 11.6 Å². The van der Waals surface area contributed by atoms with Gasteiger partial charge in [0, 0.05) is 25.2 Å². The predicted octanol–water partition coefficient (Wildman–Crippen LogP) is 2.31. The van der Waals surface area contributed by atoms with E-state index in [2.05, 4.69) is 24.1 Å². The molecule has 0 heterocycles. The molecule has 0 spiro atoms. The van der Waals surface area contributed by atoms with Gasteiger partial charge in [0.15, 0.2) is 0 Å². The van der Waals surface area contributed by atoms with E-state index in [1.807, 2.05) is 30.3 Å². The number of benzene rings is 1. The van der Waals surface area contributed by atoms with Crippen molar-refractivity contribution in [1.29, 1.82) is 0 Å². The van der Waals surface area contributed by atoms with Gasteiger partial charge >= 0.3 is 0 Å². The van der Waals surface area contributed by atoms with Crippen molar-refractivity contribution in [3.63, 3.8) is 0 Å². The quantitative estimate of drug-likeness (QED) is 0.745. The van der Waals surface area contributed by atoms with E-state index in [4.69, 9.17) is 0 Å². The van der Waals surface area contributed by atoms with E-state index in [0.29, 0.717) is 6.04 Å². The molecular formula is C13H18N2O. The molecule has 3 nitrogen and oxygen atoms in total. The normalized spacial score (nSPS) is 11.9. The summed E-state index contributed by atoms with van der Waals surface area (Å²) in [7, 11) is 0. The summed E-state index contributed by atoms with van der Waals surface area (Å²) in [6, 6.07) is 8.09. The first-order valence-corrected chi connectivity index (χ1v) is 5.34. The van der Waals surface area contributed by atoms with Crippen LogP contribution in [0, 0.1) is 0 Å². The summed E-state index contributed by atoms with van der Waals surface area (Å²) in [6.07, 6.45) is 1.87. The van der Waals surface area contributed by atoms with Gasteiger partial charge < -0.3 is 10.6 Å². The highest BCUT2D eigenvalue weighted by molar-refractivity contribution is 5.88. The lowest BCUT2D eigenvalue weighted by Gasteiger charge is -2.09. The van der Waals surface area contributed by atoms with Crippen LogP contribution in [-0.4, -0.2) is 11.9 Å². The van der Waals surface area contributed by atoms with Gasteiger partial charge in [-0.15, -0.1) is 6.58 Å². The van der Waals surface area contributed by atoms with Gasteiger partial charge in [-0.2, -0.15) is 0 Å². The minimum absolute atomic E-state index is 0.0499. The van der Waals surface area contributed by atoms with Crippen LogP contribution in [0.1, 0.15) is 19.4 Å². The number of hydrogen-bond acceptors (Lipinski definition) is 2. The highest BCUT2D eigenvalue weighted by Crippen LogP contribution is 2.09. The Morgan fingerprint density at radius 2 is 2.06 bits per heavy atom. The fourth-order valence-corrected chi connectivity index (χ4v) is 1.27. The number of amides is 1. The molecule has 0 saturated carbocycles. The molecule has 0 aliphatic rings. The van der Waals surface area contributed by atoms with Gasteiger partial charge in [0.1, 0.15) is 0 Å². The van der Waals surface area contributed by atoms with Crippen LogP contribution in [-0.2, 0) is 11.3 Å². The molecule has 0 fully saturated rings. The van der Waals surface area contributed by atoms with Crippen LogP contribution in [0.15, 0.2) is 36.9 Å². The first kappa shape index (κ1) is 12.5. The molecule has 1 aromatic rings. The van der Waals surface area contributed by atoms with E-state index < -0.39 is 0 Å². The first-order chi connectivity index (χ1) is 7.61. The zero-order valence-corrected chi connectivity index (χ0v) is 9.79. The lowest BCUT2D eigenvalue weighted by atomic mass is 10.2. The molecule has 16 heavy (non-hydrogen) atoms. The van der Waals surface area contributed by atoms with Crippen LogP contribution in [0.25, 0.3) is 0 Å². The highest BCUT2D eigenvalue weighted by Gasteiger charge is 1.98. The molecule has 1 aromatic carbocycles. The van der Waals surface area contributed by atoms with Crippen molar-refractivity contribution in [3.8, 4) is 0 Å². The van der Waals surface area contributed by atoms with Crippen molar-refractivity contribution in [1.82, 2.24) is 5.32 Å². The van der Waals surface area contributed by atoms with Crippen molar-refractivity contribution < 1.29 is 4.79 Å². The van der Waals surface area contributed by atoms with Gasteiger partial charge in [-0.1, -0.05) is 18.2 Å². The maximum absolute atomic E-state index is 10.8. The molecule has 1 unspecified atom stereocenters. The van der Waals surface area contributed by atoms with Crippen LogP contribution >= 0.6 is 0 Å². The molecule has 0 bridgehead atoms. The van der Waals surface area contributed by atoms with Crippen LogP contribution in [0.5, 0.6) is 0 Å². The first-order valence-electron chi connectivity index (χ1n) is 5.34. The summed E-state index contributed by atoms with van der Waals surface area (Å²) in [5, 5.41) is 6.04. The molecule has 1 amide bonds. The largest absolute Gasteiger partial charge is 0.326 e. The molecule has 0 radical (unpaired) electrons. The molecule has 0 aromatic heterocycles. The van der Waals surface area contributed by atoms with E-state index in [1.165, 1.54) is 12.5 Å². The zero-order valence-electron chi connectivity index (χ0n) is 9.79. The second kappa shape index (κ2) is 6.08. The van der Waals surface area contributed by atoms with Crippen LogP contribution in [0.2, 0.25) is 0 Å². The number of rotatable bonds is 5. The van der Waals surface area contributed by atoms with E-state index in [9.17, 15) is 4.79 Å². The van der Waals surface area contributed by atoms with Crippen molar-refractivity contribution in [3.05, 3.63) is 42.5 Å². The SMILES string of the molecule is C=CC(C)NCc1ccc(NC(C)=O)cc1. The van der Waals surface area contributed by atoms with Crippen molar-refractivity contribution in [2.24, 2.45) is 0 Å². The Labute approximate surface area is 96.6 Å². The fraction of sp³-hybridized carbons (Fsp3) is 0.308. The Hall–Kier alpha value is -1.61. The molecule has 1 atom stereocenters. The van der Waals surface area contributed by atoms with Gasteiger partial charge in [-0.25, -0.2) is 0 Å². The second-order valence-corrected chi connectivity index (χ2v) is 3.78. The van der Waals surface area contributed by atoms with E-state index in [0.717, 1.165) is 12.2 Å². The third kappa shape index (κ3) is 4.28. The lowest BCUT2D eigenvalue weighted by Crippen LogP contribution is -2.22.